The molecule has 1 fully saturated rings. The van der Waals surface area contributed by atoms with Gasteiger partial charge in [0.25, 0.3) is 5.91 Å². The first-order valence-electron chi connectivity index (χ1n) is 6.98. The number of hydrogen-bond acceptors (Lipinski definition) is 2. The number of H-pyrrole nitrogens is 1. The van der Waals surface area contributed by atoms with Crippen LogP contribution in [0.2, 0.25) is 5.02 Å². The van der Waals surface area contributed by atoms with E-state index in [4.69, 9.17) is 11.6 Å². The van der Waals surface area contributed by atoms with Gasteiger partial charge >= 0.3 is 0 Å². The van der Waals surface area contributed by atoms with Gasteiger partial charge in [0.2, 0.25) is 0 Å². The van der Waals surface area contributed by atoms with Gasteiger partial charge in [0.15, 0.2) is 11.6 Å². The number of nitrogens with one attached hydrogen (secondary N) is 1. The maximum Gasteiger partial charge on any atom is 0.255 e. The molecular formula is C15H14ClF2N3O. The molecule has 1 aromatic carbocycles. The third kappa shape index (κ3) is 2.83. The van der Waals surface area contributed by atoms with E-state index < -0.39 is 11.6 Å². The topological polar surface area (TPSA) is 49.0 Å². The number of amides is 1. The van der Waals surface area contributed by atoms with Gasteiger partial charge in [0, 0.05) is 30.9 Å². The summed E-state index contributed by atoms with van der Waals surface area (Å²) in [5, 5.41) is -0.0698. The predicted molar refractivity (Wildman–Crippen MR) is 77.8 cm³/mol. The molecule has 116 valence electrons. The van der Waals surface area contributed by atoms with Crippen LogP contribution in [-0.4, -0.2) is 33.9 Å². The number of carbonyl (C=O) groups is 1. The summed E-state index contributed by atoms with van der Waals surface area (Å²) < 4.78 is 26.4. The number of nitrogens with zero attached hydrogens (tertiary/aromatic N) is 2. The Morgan fingerprint density at radius 2 is 1.95 bits per heavy atom. The first kappa shape index (κ1) is 15.0. The van der Waals surface area contributed by atoms with Gasteiger partial charge in [-0.1, -0.05) is 11.6 Å². The zero-order valence-electron chi connectivity index (χ0n) is 11.7. The Bertz CT molecular complexity index is 682. The number of benzene rings is 1. The maximum atomic E-state index is 13.3. The minimum absolute atomic E-state index is 0.000516. The van der Waals surface area contributed by atoms with Crippen molar-refractivity contribution in [3.05, 3.63) is 52.6 Å². The zero-order valence-corrected chi connectivity index (χ0v) is 12.4. The van der Waals surface area contributed by atoms with Crippen molar-refractivity contribution < 1.29 is 13.6 Å². The fourth-order valence-corrected chi connectivity index (χ4v) is 2.97. The molecular weight excluding hydrogens is 312 g/mol. The van der Waals surface area contributed by atoms with E-state index >= 15 is 0 Å². The van der Waals surface area contributed by atoms with Gasteiger partial charge < -0.3 is 9.88 Å². The number of hydrogen-bond donors (Lipinski definition) is 1. The van der Waals surface area contributed by atoms with Crippen LogP contribution in [0.5, 0.6) is 0 Å². The van der Waals surface area contributed by atoms with Crippen molar-refractivity contribution in [3.8, 4) is 0 Å². The molecule has 1 amide bonds. The Morgan fingerprint density at radius 3 is 2.59 bits per heavy atom. The van der Waals surface area contributed by atoms with E-state index in [9.17, 15) is 13.6 Å². The van der Waals surface area contributed by atoms with Crippen molar-refractivity contribution in [3.63, 3.8) is 0 Å². The summed E-state index contributed by atoms with van der Waals surface area (Å²) in [7, 11) is 0. The summed E-state index contributed by atoms with van der Waals surface area (Å²) in [5.74, 6) is -2.17. The van der Waals surface area contributed by atoms with Crippen molar-refractivity contribution in [2.75, 3.05) is 13.1 Å². The molecule has 0 unspecified atom stereocenters. The Balaban J connectivity index is 1.71. The number of carbonyl (C=O) groups excluding carboxylic acids is 1. The molecule has 2 aromatic rings. The standard InChI is InChI=1S/C15H14ClF2N3O/c16-11-6-13(18)12(17)5-10(11)15(22)21-3-1-9(2-4-21)14-7-19-8-20-14/h5-9H,1-4H2,(H,19,20). The fraction of sp³-hybridized carbons (Fsp3) is 0.333. The second-order valence-electron chi connectivity index (χ2n) is 5.32. The molecule has 0 bridgehead atoms. The molecule has 22 heavy (non-hydrogen) atoms. The lowest BCUT2D eigenvalue weighted by Gasteiger charge is -2.31. The normalized spacial score (nSPS) is 16.0. The minimum Gasteiger partial charge on any atom is -0.348 e. The Labute approximate surface area is 131 Å². The number of halogens is 3. The number of likely N-dealkylation sites (tertiary alicyclic amines) is 1. The molecule has 3 rings (SSSR count). The molecule has 0 spiro atoms. The van der Waals surface area contributed by atoms with Gasteiger partial charge in [-0.3, -0.25) is 4.79 Å². The summed E-state index contributed by atoms with van der Waals surface area (Å²) in [6.07, 6.45) is 4.99. The van der Waals surface area contributed by atoms with Gasteiger partial charge in [-0.2, -0.15) is 0 Å². The van der Waals surface area contributed by atoms with Crippen LogP contribution < -0.4 is 0 Å². The second-order valence-corrected chi connectivity index (χ2v) is 5.73. The SMILES string of the molecule is O=C(c1cc(F)c(F)cc1Cl)N1CCC(c2cnc[nH]2)CC1. The van der Waals surface area contributed by atoms with E-state index in [0.717, 1.165) is 30.7 Å². The third-order valence-corrected chi connectivity index (χ3v) is 4.29. The summed E-state index contributed by atoms with van der Waals surface area (Å²) >= 11 is 5.86. The number of aromatic amines is 1. The molecule has 4 nitrogen and oxygen atoms in total. The van der Waals surface area contributed by atoms with Gasteiger partial charge in [-0.15, -0.1) is 0 Å². The van der Waals surface area contributed by atoms with E-state index in [2.05, 4.69) is 9.97 Å². The third-order valence-electron chi connectivity index (χ3n) is 3.98. The quantitative estimate of drug-likeness (QED) is 0.861. The summed E-state index contributed by atoms with van der Waals surface area (Å²) in [6, 6.07) is 1.70. The highest BCUT2D eigenvalue weighted by molar-refractivity contribution is 6.33. The molecule has 1 saturated heterocycles. The first-order valence-corrected chi connectivity index (χ1v) is 7.36. The molecule has 1 aliphatic heterocycles. The maximum absolute atomic E-state index is 13.3. The average Bonchev–Trinajstić information content (AvgIpc) is 3.05. The van der Waals surface area contributed by atoms with E-state index in [-0.39, 0.29) is 16.5 Å². The van der Waals surface area contributed by atoms with E-state index in [1.165, 1.54) is 0 Å². The van der Waals surface area contributed by atoms with Gasteiger partial charge in [0.1, 0.15) is 0 Å². The fourth-order valence-electron chi connectivity index (χ4n) is 2.74. The summed E-state index contributed by atoms with van der Waals surface area (Å²) in [4.78, 5) is 21.1. The van der Waals surface area contributed by atoms with Crippen LogP contribution in [0.1, 0.15) is 34.8 Å². The first-order chi connectivity index (χ1) is 10.6. The van der Waals surface area contributed by atoms with Crippen LogP contribution in [0, 0.1) is 11.6 Å². The highest BCUT2D eigenvalue weighted by Crippen LogP contribution is 2.28. The largest absolute Gasteiger partial charge is 0.348 e. The van der Waals surface area contributed by atoms with Crippen molar-refractivity contribution in [2.45, 2.75) is 18.8 Å². The van der Waals surface area contributed by atoms with Crippen LogP contribution in [0.4, 0.5) is 8.78 Å². The van der Waals surface area contributed by atoms with E-state index in [1.54, 1.807) is 17.4 Å². The smallest absolute Gasteiger partial charge is 0.255 e. The van der Waals surface area contributed by atoms with Crippen molar-refractivity contribution >= 4 is 17.5 Å². The van der Waals surface area contributed by atoms with E-state index in [0.29, 0.717) is 19.0 Å². The van der Waals surface area contributed by atoms with E-state index in [1.807, 2.05) is 0 Å². The molecule has 0 atom stereocenters. The monoisotopic (exact) mass is 325 g/mol. The van der Waals surface area contributed by atoms with Gasteiger partial charge in [-0.25, -0.2) is 13.8 Å². The molecule has 1 N–H and O–H groups in total. The predicted octanol–water partition coefficient (Wildman–Crippen LogP) is 3.36. The lowest BCUT2D eigenvalue weighted by atomic mass is 9.93. The Morgan fingerprint density at radius 1 is 1.27 bits per heavy atom. The minimum atomic E-state index is -1.07. The number of piperidine rings is 1. The van der Waals surface area contributed by atoms with Crippen molar-refractivity contribution in [1.29, 1.82) is 0 Å². The molecule has 0 aliphatic carbocycles. The number of rotatable bonds is 2. The van der Waals surface area contributed by atoms with Crippen LogP contribution in [-0.2, 0) is 0 Å². The Hall–Kier alpha value is -1.95. The van der Waals surface area contributed by atoms with Crippen molar-refractivity contribution in [1.82, 2.24) is 14.9 Å². The van der Waals surface area contributed by atoms with Gasteiger partial charge in [0.05, 0.1) is 16.9 Å². The molecule has 0 radical (unpaired) electrons. The molecule has 7 heteroatoms. The molecule has 2 heterocycles. The van der Waals surface area contributed by atoms with Crippen LogP contribution in [0.15, 0.2) is 24.7 Å². The lowest BCUT2D eigenvalue weighted by molar-refractivity contribution is 0.0711. The average molecular weight is 326 g/mol. The second kappa shape index (κ2) is 6.04. The lowest BCUT2D eigenvalue weighted by Crippen LogP contribution is -2.38. The number of imidazole rings is 1. The molecule has 1 aliphatic rings. The van der Waals surface area contributed by atoms with Crippen molar-refractivity contribution in [2.24, 2.45) is 0 Å². The Kier molecular flexibility index (Phi) is 4.11. The van der Waals surface area contributed by atoms with Crippen LogP contribution >= 0.6 is 11.6 Å². The zero-order chi connectivity index (χ0) is 15.7. The highest BCUT2D eigenvalue weighted by Gasteiger charge is 2.27. The molecule has 1 aromatic heterocycles. The highest BCUT2D eigenvalue weighted by atomic mass is 35.5. The van der Waals surface area contributed by atoms with Crippen LogP contribution in [0.25, 0.3) is 0 Å². The van der Waals surface area contributed by atoms with Crippen LogP contribution in [0.3, 0.4) is 0 Å². The summed E-state index contributed by atoms with van der Waals surface area (Å²) in [5.41, 5.74) is 1.05. The number of aromatic nitrogens is 2. The van der Waals surface area contributed by atoms with Gasteiger partial charge in [-0.05, 0) is 25.0 Å². The molecule has 0 saturated carbocycles. The summed E-state index contributed by atoms with van der Waals surface area (Å²) in [6.45, 7) is 1.08.